The first-order valence-electron chi connectivity index (χ1n) is 9.84. The van der Waals surface area contributed by atoms with Crippen LogP contribution in [0, 0.1) is 0 Å². The highest BCUT2D eigenvalue weighted by molar-refractivity contribution is 6.07. The number of aromatic nitrogens is 2. The first kappa shape index (κ1) is 23.0. The lowest BCUT2D eigenvalue weighted by molar-refractivity contribution is -0.136. The van der Waals surface area contributed by atoms with Gasteiger partial charge in [-0.25, -0.2) is 4.98 Å². The number of furan rings is 1. The van der Waals surface area contributed by atoms with Gasteiger partial charge in [-0.1, -0.05) is 31.2 Å². The Hall–Kier alpha value is -3.68. The van der Waals surface area contributed by atoms with E-state index in [2.05, 4.69) is 4.98 Å². The van der Waals surface area contributed by atoms with Crippen LogP contribution in [0.5, 0.6) is 0 Å². The van der Waals surface area contributed by atoms with Crippen molar-refractivity contribution in [2.75, 3.05) is 0 Å². The quantitative estimate of drug-likeness (QED) is 0.350. The van der Waals surface area contributed by atoms with Crippen LogP contribution in [-0.2, 0) is 12.6 Å². The standard InChI is InChI=1S/C14H11F3N2O.C10H10O2/c1-2-11-7-19-6-10(9-3-4-20-8-9)5-12(13(19)18-11)14(15,16)17;1-7(11)9-5-3-4-6-10(9)8(2)12/h3-8H,2H2,1H3;3-6H,1-2H3. The van der Waals surface area contributed by atoms with E-state index < -0.39 is 11.7 Å². The summed E-state index contributed by atoms with van der Waals surface area (Å²) in [6.07, 6.45) is 2.23. The lowest BCUT2D eigenvalue weighted by Gasteiger charge is -2.10. The molecule has 0 aliphatic carbocycles. The number of pyridine rings is 1. The maximum absolute atomic E-state index is 13.2. The number of nitrogens with zero attached hydrogens (tertiary/aromatic N) is 2. The first-order chi connectivity index (χ1) is 15.1. The van der Waals surface area contributed by atoms with Crippen LogP contribution in [-0.4, -0.2) is 21.0 Å². The molecule has 0 bridgehead atoms. The van der Waals surface area contributed by atoms with Crippen molar-refractivity contribution in [1.29, 1.82) is 0 Å². The summed E-state index contributed by atoms with van der Waals surface area (Å²) in [5.41, 5.74) is 1.87. The Morgan fingerprint density at radius 2 is 1.62 bits per heavy atom. The molecule has 0 N–H and O–H groups in total. The number of benzene rings is 1. The van der Waals surface area contributed by atoms with Crippen LogP contribution in [0.15, 0.2) is 65.7 Å². The van der Waals surface area contributed by atoms with Gasteiger partial charge in [0.05, 0.1) is 23.8 Å². The van der Waals surface area contributed by atoms with Crippen molar-refractivity contribution in [3.63, 3.8) is 0 Å². The molecule has 32 heavy (non-hydrogen) atoms. The Kier molecular flexibility index (Phi) is 6.62. The van der Waals surface area contributed by atoms with Gasteiger partial charge in [0.1, 0.15) is 5.65 Å². The Bertz CT molecular complexity index is 1220. The number of alkyl halides is 3. The molecule has 3 aromatic heterocycles. The van der Waals surface area contributed by atoms with Gasteiger partial charge in [-0.15, -0.1) is 0 Å². The normalized spacial score (nSPS) is 11.2. The fraction of sp³-hybridized carbons (Fsp3) is 0.208. The van der Waals surface area contributed by atoms with Crippen molar-refractivity contribution in [3.8, 4) is 11.1 Å². The molecule has 4 aromatic rings. The summed E-state index contributed by atoms with van der Waals surface area (Å²) in [6.45, 7) is 4.77. The van der Waals surface area contributed by atoms with Crippen molar-refractivity contribution in [2.45, 2.75) is 33.4 Å². The van der Waals surface area contributed by atoms with Gasteiger partial charge in [-0.05, 0) is 32.4 Å². The van der Waals surface area contributed by atoms with Gasteiger partial charge in [0.25, 0.3) is 0 Å². The van der Waals surface area contributed by atoms with Crippen molar-refractivity contribution < 1.29 is 27.2 Å². The van der Waals surface area contributed by atoms with Gasteiger partial charge in [-0.2, -0.15) is 13.2 Å². The van der Waals surface area contributed by atoms with Crippen LogP contribution < -0.4 is 0 Å². The maximum atomic E-state index is 13.2. The fourth-order valence-corrected chi connectivity index (χ4v) is 3.21. The second kappa shape index (κ2) is 9.21. The van der Waals surface area contributed by atoms with E-state index in [0.717, 1.165) is 6.07 Å². The highest BCUT2D eigenvalue weighted by Gasteiger charge is 2.34. The summed E-state index contributed by atoms with van der Waals surface area (Å²) in [5, 5.41) is 0. The van der Waals surface area contributed by atoms with E-state index in [1.807, 2.05) is 6.92 Å². The zero-order chi connectivity index (χ0) is 23.5. The molecule has 0 saturated carbocycles. The third-order valence-corrected chi connectivity index (χ3v) is 4.81. The predicted octanol–water partition coefficient (Wildman–Crippen LogP) is 6.27. The van der Waals surface area contributed by atoms with Crippen LogP contribution in [0.25, 0.3) is 16.8 Å². The zero-order valence-corrected chi connectivity index (χ0v) is 17.7. The summed E-state index contributed by atoms with van der Waals surface area (Å²) in [4.78, 5) is 26.1. The molecular formula is C24H21F3N2O3. The van der Waals surface area contributed by atoms with Crippen molar-refractivity contribution >= 4 is 17.2 Å². The van der Waals surface area contributed by atoms with Crippen molar-refractivity contribution in [2.24, 2.45) is 0 Å². The van der Waals surface area contributed by atoms with Crippen molar-refractivity contribution in [3.05, 3.63) is 83.7 Å². The Morgan fingerprint density at radius 3 is 2.09 bits per heavy atom. The maximum Gasteiger partial charge on any atom is 0.420 e. The number of Topliss-reactive ketones (excluding diaryl/α,β-unsaturated/α-hetero) is 2. The van der Waals surface area contributed by atoms with Crippen LogP contribution in [0.3, 0.4) is 0 Å². The molecule has 0 fully saturated rings. The van der Waals surface area contributed by atoms with Gasteiger partial charge in [0, 0.05) is 34.6 Å². The Labute approximate surface area is 182 Å². The molecule has 8 heteroatoms. The number of aryl methyl sites for hydroxylation is 1. The smallest absolute Gasteiger partial charge is 0.420 e. The second-order valence-corrected chi connectivity index (χ2v) is 7.13. The molecule has 5 nitrogen and oxygen atoms in total. The number of imidazole rings is 1. The van der Waals surface area contributed by atoms with Gasteiger partial charge in [-0.3, -0.25) is 9.59 Å². The van der Waals surface area contributed by atoms with Gasteiger partial charge < -0.3 is 8.82 Å². The topological polar surface area (TPSA) is 64.6 Å². The van der Waals surface area contributed by atoms with Crippen LogP contribution in [0.2, 0.25) is 0 Å². The van der Waals surface area contributed by atoms with E-state index in [1.165, 1.54) is 30.8 Å². The minimum Gasteiger partial charge on any atom is -0.472 e. The molecule has 0 radical (unpaired) electrons. The van der Waals surface area contributed by atoms with E-state index in [0.29, 0.717) is 34.4 Å². The predicted molar refractivity (Wildman–Crippen MR) is 114 cm³/mol. The van der Waals surface area contributed by atoms with Crippen LogP contribution in [0.4, 0.5) is 13.2 Å². The summed E-state index contributed by atoms with van der Waals surface area (Å²) in [7, 11) is 0. The summed E-state index contributed by atoms with van der Waals surface area (Å²) < 4.78 is 45.9. The number of ketones is 2. The van der Waals surface area contributed by atoms with Crippen LogP contribution >= 0.6 is 0 Å². The molecule has 4 rings (SSSR count). The lowest BCUT2D eigenvalue weighted by Crippen LogP contribution is -2.08. The van der Waals surface area contributed by atoms with Crippen molar-refractivity contribution in [1.82, 2.24) is 9.38 Å². The number of hydrogen-bond donors (Lipinski definition) is 0. The summed E-state index contributed by atoms with van der Waals surface area (Å²) >= 11 is 0. The summed E-state index contributed by atoms with van der Waals surface area (Å²) in [6, 6.07) is 9.57. The molecule has 0 saturated heterocycles. The number of carbonyl (C=O) groups excluding carboxylic acids is 2. The van der Waals surface area contributed by atoms with Crippen LogP contribution in [0.1, 0.15) is 52.7 Å². The number of fused-ring (bicyclic) bond motifs is 1. The number of carbonyl (C=O) groups is 2. The molecule has 3 heterocycles. The zero-order valence-electron chi connectivity index (χ0n) is 17.7. The number of rotatable bonds is 4. The molecule has 0 aliphatic rings. The monoisotopic (exact) mass is 442 g/mol. The SMILES string of the molecule is CC(=O)c1ccccc1C(C)=O.CCc1cn2cc(-c3ccoc3)cc(C(F)(F)F)c2n1. The minimum atomic E-state index is -4.45. The molecular weight excluding hydrogens is 421 g/mol. The largest absolute Gasteiger partial charge is 0.472 e. The van der Waals surface area contributed by atoms with E-state index >= 15 is 0 Å². The molecule has 0 unspecified atom stereocenters. The minimum absolute atomic E-state index is 0.0680. The average Bonchev–Trinajstić information content (AvgIpc) is 3.42. The number of hydrogen-bond acceptors (Lipinski definition) is 4. The molecule has 0 aliphatic heterocycles. The average molecular weight is 442 g/mol. The highest BCUT2D eigenvalue weighted by atomic mass is 19.4. The molecule has 0 amide bonds. The molecule has 1 aromatic carbocycles. The lowest BCUT2D eigenvalue weighted by atomic mass is 10.0. The van der Waals surface area contributed by atoms with Gasteiger partial charge in [0.2, 0.25) is 0 Å². The van der Waals surface area contributed by atoms with E-state index in [9.17, 15) is 22.8 Å². The Morgan fingerprint density at radius 1 is 1.00 bits per heavy atom. The number of halogens is 3. The van der Waals surface area contributed by atoms with E-state index in [4.69, 9.17) is 4.42 Å². The second-order valence-electron chi connectivity index (χ2n) is 7.13. The third kappa shape index (κ3) is 4.96. The molecule has 0 atom stereocenters. The Balaban J connectivity index is 0.000000207. The highest BCUT2D eigenvalue weighted by Crippen LogP contribution is 2.35. The van der Waals surface area contributed by atoms with Gasteiger partial charge >= 0.3 is 6.18 Å². The van der Waals surface area contributed by atoms with E-state index in [1.54, 1.807) is 42.7 Å². The molecule has 0 spiro atoms. The summed E-state index contributed by atoms with van der Waals surface area (Å²) in [5.74, 6) is -0.137. The third-order valence-electron chi connectivity index (χ3n) is 4.81. The van der Waals surface area contributed by atoms with Gasteiger partial charge in [0.15, 0.2) is 11.6 Å². The fourth-order valence-electron chi connectivity index (χ4n) is 3.21. The first-order valence-corrected chi connectivity index (χ1v) is 9.84. The molecule has 166 valence electrons. The van der Waals surface area contributed by atoms with E-state index in [-0.39, 0.29) is 17.2 Å².